The molecule has 0 amide bonds. The topological polar surface area (TPSA) is 66.9 Å². The number of sulfonamides is 1. The SMILES string of the molecule is CS(=O)(=O)N(Cc1ccccc1)c1cc(C(=O)CN(CCBr)Cc2ccccc2)ccc1OCc1ccccc1. The van der Waals surface area contributed by atoms with E-state index in [1.54, 1.807) is 18.2 Å². The van der Waals surface area contributed by atoms with Crippen LogP contribution >= 0.6 is 15.9 Å². The zero-order valence-corrected chi connectivity index (χ0v) is 24.9. The Morgan fingerprint density at radius 2 is 1.32 bits per heavy atom. The smallest absolute Gasteiger partial charge is 0.232 e. The van der Waals surface area contributed by atoms with Crippen molar-refractivity contribution in [3.8, 4) is 5.75 Å². The Balaban J connectivity index is 1.66. The summed E-state index contributed by atoms with van der Waals surface area (Å²) >= 11 is 3.50. The van der Waals surface area contributed by atoms with Gasteiger partial charge in [0, 0.05) is 24.0 Å². The molecule has 4 rings (SSSR count). The molecule has 0 atom stereocenters. The zero-order valence-electron chi connectivity index (χ0n) is 22.4. The summed E-state index contributed by atoms with van der Waals surface area (Å²) in [5.41, 5.74) is 3.66. The van der Waals surface area contributed by atoms with E-state index in [1.807, 2.05) is 91.0 Å². The van der Waals surface area contributed by atoms with Crippen molar-refractivity contribution in [3.05, 3.63) is 131 Å². The average Bonchev–Trinajstić information content (AvgIpc) is 2.96. The summed E-state index contributed by atoms with van der Waals surface area (Å²) < 4.78 is 33.6. The van der Waals surface area contributed by atoms with E-state index in [9.17, 15) is 13.2 Å². The number of halogens is 1. The number of anilines is 1. The van der Waals surface area contributed by atoms with Gasteiger partial charge >= 0.3 is 0 Å². The van der Waals surface area contributed by atoms with Gasteiger partial charge in [0.2, 0.25) is 10.0 Å². The summed E-state index contributed by atoms with van der Waals surface area (Å²) in [5.74, 6) is 0.296. The van der Waals surface area contributed by atoms with Crippen LogP contribution in [0.5, 0.6) is 5.75 Å². The second kappa shape index (κ2) is 14.3. The lowest BCUT2D eigenvalue weighted by Crippen LogP contribution is -2.32. The molecule has 0 N–H and O–H groups in total. The molecule has 0 aliphatic rings. The van der Waals surface area contributed by atoms with Gasteiger partial charge in [0.15, 0.2) is 5.78 Å². The minimum absolute atomic E-state index is 0.0964. The van der Waals surface area contributed by atoms with E-state index in [-0.39, 0.29) is 25.5 Å². The van der Waals surface area contributed by atoms with Gasteiger partial charge in [-0.15, -0.1) is 0 Å². The van der Waals surface area contributed by atoms with Gasteiger partial charge in [-0.05, 0) is 34.9 Å². The third kappa shape index (κ3) is 8.52. The van der Waals surface area contributed by atoms with E-state index >= 15 is 0 Å². The van der Waals surface area contributed by atoms with Crippen molar-refractivity contribution in [2.45, 2.75) is 19.7 Å². The first-order chi connectivity index (χ1) is 19.3. The van der Waals surface area contributed by atoms with Gasteiger partial charge in [-0.3, -0.25) is 14.0 Å². The summed E-state index contributed by atoms with van der Waals surface area (Å²) in [6, 6.07) is 34.1. The Hall–Kier alpha value is -3.46. The molecule has 0 unspecified atom stereocenters. The van der Waals surface area contributed by atoms with Crippen molar-refractivity contribution >= 4 is 37.4 Å². The minimum atomic E-state index is -3.71. The molecular weight excluding hydrogens is 588 g/mol. The predicted molar refractivity (Wildman–Crippen MR) is 165 cm³/mol. The largest absolute Gasteiger partial charge is 0.487 e. The van der Waals surface area contributed by atoms with Crippen LogP contribution in [0.2, 0.25) is 0 Å². The standard InChI is InChI=1S/C32H33BrN2O4S/c1-40(37,38)35(23-27-13-7-3-8-14-27)30-21-29(17-18-32(30)39-25-28-15-9-4-10-16-28)31(36)24-34(20-19-33)22-26-11-5-2-6-12-26/h2-18,21H,19-20,22-25H2,1H3. The summed E-state index contributed by atoms with van der Waals surface area (Å²) in [5, 5.41) is 0.726. The molecule has 208 valence electrons. The third-order valence-corrected chi connectivity index (χ3v) is 7.85. The fourth-order valence-electron chi connectivity index (χ4n) is 4.34. The fraction of sp³-hybridized carbons (Fsp3) is 0.219. The molecule has 4 aromatic carbocycles. The summed E-state index contributed by atoms with van der Waals surface area (Å²) in [6.07, 6.45) is 1.17. The number of carbonyl (C=O) groups excluding carboxylic acids is 1. The van der Waals surface area contributed by atoms with Gasteiger partial charge in [0.25, 0.3) is 0 Å². The van der Waals surface area contributed by atoms with Gasteiger partial charge in [-0.2, -0.15) is 0 Å². The molecule has 0 aromatic heterocycles. The Labute approximate surface area is 245 Å². The molecule has 6 nitrogen and oxygen atoms in total. The van der Waals surface area contributed by atoms with E-state index in [1.165, 1.54) is 10.6 Å². The maximum Gasteiger partial charge on any atom is 0.232 e. The molecule has 40 heavy (non-hydrogen) atoms. The molecule has 4 aromatic rings. The highest BCUT2D eigenvalue weighted by Crippen LogP contribution is 2.33. The zero-order chi connectivity index (χ0) is 28.4. The van der Waals surface area contributed by atoms with Crippen molar-refractivity contribution in [2.75, 3.05) is 29.0 Å². The first-order valence-corrected chi connectivity index (χ1v) is 16.0. The van der Waals surface area contributed by atoms with Gasteiger partial charge in [0.05, 0.1) is 25.0 Å². The third-order valence-electron chi connectivity index (χ3n) is 6.37. The highest BCUT2D eigenvalue weighted by Gasteiger charge is 2.24. The molecule has 0 bridgehead atoms. The Kier molecular flexibility index (Phi) is 10.5. The maximum absolute atomic E-state index is 13.5. The van der Waals surface area contributed by atoms with E-state index in [4.69, 9.17) is 4.74 Å². The van der Waals surface area contributed by atoms with Crippen LogP contribution in [0.3, 0.4) is 0 Å². The fourth-order valence-corrected chi connectivity index (χ4v) is 5.73. The van der Waals surface area contributed by atoms with Crippen LogP contribution in [0.1, 0.15) is 27.0 Å². The highest BCUT2D eigenvalue weighted by molar-refractivity contribution is 9.09. The Morgan fingerprint density at radius 3 is 1.88 bits per heavy atom. The second-order valence-electron chi connectivity index (χ2n) is 9.52. The van der Waals surface area contributed by atoms with Crippen LogP contribution in [0.15, 0.2) is 109 Å². The lowest BCUT2D eigenvalue weighted by molar-refractivity contribution is 0.0930. The van der Waals surface area contributed by atoms with Crippen molar-refractivity contribution in [1.82, 2.24) is 4.90 Å². The Morgan fingerprint density at radius 1 is 0.775 bits per heavy atom. The quantitative estimate of drug-likeness (QED) is 0.122. The molecule has 0 heterocycles. The molecule has 0 saturated heterocycles. The van der Waals surface area contributed by atoms with Crippen molar-refractivity contribution in [2.24, 2.45) is 0 Å². The van der Waals surface area contributed by atoms with E-state index in [0.29, 0.717) is 30.1 Å². The van der Waals surface area contributed by atoms with Crippen LogP contribution in [-0.4, -0.2) is 43.8 Å². The number of hydrogen-bond acceptors (Lipinski definition) is 5. The van der Waals surface area contributed by atoms with Crippen molar-refractivity contribution in [3.63, 3.8) is 0 Å². The number of Topliss-reactive ketones (excluding diaryl/α,β-unsaturated/α-hetero) is 1. The van der Waals surface area contributed by atoms with E-state index in [2.05, 4.69) is 20.8 Å². The van der Waals surface area contributed by atoms with Crippen LogP contribution in [0, 0.1) is 0 Å². The highest BCUT2D eigenvalue weighted by atomic mass is 79.9. The molecule has 0 fully saturated rings. The van der Waals surface area contributed by atoms with E-state index < -0.39 is 10.0 Å². The normalized spacial score (nSPS) is 11.4. The number of carbonyl (C=O) groups is 1. The van der Waals surface area contributed by atoms with Crippen LogP contribution in [-0.2, 0) is 29.7 Å². The van der Waals surface area contributed by atoms with Crippen LogP contribution in [0.25, 0.3) is 0 Å². The van der Waals surface area contributed by atoms with Crippen molar-refractivity contribution in [1.29, 1.82) is 0 Å². The van der Waals surface area contributed by atoms with Crippen LogP contribution < -0.4 is 9.04 Å². The molecule has 8 heteroatoms. The number of rotatable bonds is 14. The van der Waals surface area contributed by atoms with Crippen LogP contribution in [0.4, 0.5) is 5.69 Å². The number of nitrogens with zero attached hydrogens (tertiary/aromatic N) is 2. The molecule has 0 radical (unpaired) electrons. The summed E-state index contributed by atoms with van der Waals surface area (Å²) in [7, 11) is -3.71. The molecule has 0 aliphatic heterocycles. The van der Waals surface area contributed by atoms with Gasteiger partial charge < -0.3 is 4.74 Å². The van der Waals surface area contributed by atoms with Crippen molar-refractivity contribution < 1.29 is 17.9 Å². The van der Waals surface area contributed by atoms with Gasteiger partial charge in [0.1, 0.15) is 12.4 Å². The average molecular weight is 622 g/mol. The first-order valence-electron chi connectivity index (χ1n) is 13.0. The Bertz CT molecular complexity index is 1480. The monoisotopic (exact) mass is 620 g/mol. The lowest BCUT2D eigenvalue weighted by Gasteiger charge is -2.26. The summed E-state index contributed by atoms with van der Waals surface area (Å²) in [6.45, 7) is 1.90. The molecular formula is C32H33BrN2O4S. The van der Waals surface area contributed by atoms with Gasteiger partial charge in [-0.1, -0.05) is 107 Å². The number of ketones is 1. The molecule has 0 spiro atoms. The maximum atomic E-state index is 13.5. The van der Waals surface area contributed by atoms with Gasteiger partial charge in [-0.25, -0.2) is 8.42 Å². The predicted octanol–water partition coefficient (Wildman–Crippen LogP) is 6.31. The molecule has 0 saturated carbocycles. The number of ether oxygens (including phenoxy) is 1. The first kappa shape index (κ1) is 29.5. The number of benzene rings is 4. The minimum Gasteiger partial charge on any atom is -0.487 e. The lowest BCUT2D eigenvalue weighted by atomic mass is 10.1. The molecule has 0 aliphatic carbocycles. The van der Waals surface area contributed by atoms with E-state index in [0.717, 1.165) is 22.0 Å². The second-order valence-corrected chi connectivity index (χ2v) is 12.2. The number of hydrogen-bond donors (Lipinski definition) is 0. The summed E-state index contributed by atoms with van der Waals surface area (Å²) in [4.78, 5) is 15.6. The number of alkyl halides is 1.